The average Bonchev–Trinajstić information content (AvgIpc) is 3.14. The zero-order chi connectivity index (χ0) is 17.8. The monoisotopic (exact) mass is 355 g/mol. The number of rotatable bonds is 5. The molecule has 1 N–H and O–H groups in total. The Morgan fingerprint density at radius 1 is 1.28 bits per heavy atom. The van der Waals surface area contributed by atoms with Crippen LogP contribution in [0.5, 0.6) is 0 Å². The standard InChI is InChI=1S/C18H18ClN5O/c1-3-16(17-12(2)5-4-8-20-17)23-18(25)14-7-6-13(9-15(14)19)24-10-21-22-11-24/h4-11,16H,3H2,1-2H3,(H,23,25)/t16-/m0/s1. The maximum Gasteiger partial charge on any atom is 0.253 e. The van der Waals surface area contributed by atoms with E-state index in [1.165, 1.54) is 0 Å². The molecule has 7 heteroatoms. The lowest BCUT2D eigenvalue weighted by molar-refractivity contribution is 0.0935. The third-order valence-electron chi connectivity index (χ3n) is 4.01. The molecule has 2 heterocycles. The summed E-state index contributed by atoms with van der Waals surface area (Å²) in [6.45, 7) is 3.99. The Kier molecular flexibility index (Phi) is 5.09. The number of nitrogens with zero attached hydrogens (tertiary/aromatic N) is 4. The smallest absolute Gasteiger partial charge is 0.253 e. The summed E-state index contributed by atoms with van der Waals surface area (Å²) < 4.78 is 1.72. The zero-order valence-corrected chi connectivity index (χ0v) is 14.7. The molecule has 0 aliphatic carbocycles. The van der Waals surface area contributed by atoms with Crippen molar-refractivity contribution in [3.05, 3.63) is 71.0 Å². The number of halogens is 1. The molecule has 0 saturated carbocycles. The number of carbonyl (C=O) groups is 1. The average molecular weight is 356 g/mol. The third-order valence-corrected chi connectivity index (χ3v) is 4.32. The van der Waals surface area contributed by atoms with Gasteiger partial charge in [-0.25, -0.2) is 0 Å². The fraction of sp³-hybridized carbons (Fsp3) is 0.222. The van der Waals surface area contributed by atoms with Gasteiger partial charge in [-0.1, -0.05) is 24.6 Å². The van der Waals surface area contributed by atoms with Gasteiger partial charge in [0.1, 0.15) is 12.7 Å². The van der Waals surface area contributed by atoms with Crippen molar-refractivity contribution in [2.75, 3.05) is 0 Å². The highest BCUT2D eigenvalue weighted by Crippen LogP contribution is 2.23. The molecule has 1 atom stereocenters. The molecule has 0 spiro atoms. The number of carbonyl (C=O) groups excluding carboxylic acids is 1. The normalized spacial score (nSPS) is 12.0. The Bertz CT molecular complexity index is 879. The van der Waals surface area contributed by atoms with Gasteiger partial charge in [-0.2, -0.15) is 0 Å². The minimum atomic E-state index is -0.225. The molecule has 1 aromatic carbocycles. The summed E-state index contributed by atoms with van der Waals surface area (Å²) >= 11 is 6.31. The Morgan fingerprint density at radius 2 is 2.04 bits per heavy atom. The minimum absolute atomic E-state index is 0.165. The minimum Gasteiger partial charge on any atom is -0.344 e. The first-order chi connectivity index (χ1) is 12.1. The molecule has 6 nitrogen and oxygen atoms in total. The van der Waals surface area contributed by atoms with Crippen molar-refractivity contribution in [1.82, 2.24) is 25.1 Å². The summed E-state index contributed by atoms with van der Waals surface area (Å²) in [5.74, 6) is -0.225. The molecule has 128 valence electrons. The van der Waals surface area contributed by atoms with Crippen LogP contribution < -0.4 is 5.32 Å². The summed E-state index contributed by atoms with van der Waals surface area (Å²) in [6, 6.07) is 8.92. The van der Waals surface area contributed by atoms with Crippen molar-refractivity contribution in [2.45, 2.75) is 26.3 Å². The Hall–Kier alpha value is -2.73. The molecule has 0 unspecified atom stereocenters. The lowest BCUT2D eigenvalue weighted by Crippen LogP contribution is -2.29. The van der Waals surface area contributed by atoms with Crippen LogP contribution in [-0.2, 0) is 0 Å². The van der Waals surface area contributed by atoms with Crippen LogP contribution in [0, 0.1) is 6.92 Å². The van der Waals surface area contributed by atoms with Crippen LogP contribution >= 0.6 is 11.6 Å². The Labute approximate surface area is 150 Å². The lowest BCUT2D eigenvalue weighted by atomic mass is 10.0. The fourth-order valence-corrected chi connectivity index (χ4v) is 2.91. The molecule has 3 rings (SSSR count). The van der Waals surface area contributed by atoms with E-state index in [0.717, 1.165) is 23.4 Å². The van der Waals surface area contributed by atoms with E-state index >= 15 is 0 Å². The number of nitrogens with one attached hydrogen (secondary N) is 1. The van der Waals surface area contributed by atoms with Gasteiger partial charge in [0, 0.05) is 11.9 Å². The van der Waals surface area contributed by atoms with Gasteiger partial charge in [0.05, 0.1) is 22.3 Å². The van der Waals surface area contributed by atoms with E-state index < -0.39 is 0 Å². The molecular weight excluding hydrogens is 338 g/mol. The van der Waals surface area contributed by atoms with Crippen LogP contribution in [0.1, 0.15) is 41.0 Å². The van der Waals surface area contributed by atoms with E-state index in [4.69, 9.17) is 11.6 Å². The predicted molar refractivity (Wildman–Crippen MR) is 95.8 cm³/mol. The van der Waals surface area contributed by atoms with Crippen molar-refractivity contribution in [3.8, 4) is 5.69 Å². The molecule has 25 heavy (non-hydrogen) atoms. The summed E-state index contributed by atoms with van der Waals surface area (Å²) in [5.41, 5.74) is 3.13. The van der Waals surface area contributed by atoms with E-state index in [-0.39, 0.29) is 11.9 Å². The first-order valence-electron chi connectivity index (χ1n) is 7.97. The van der Waals surface area contributed by atoms with Crippen LogP contribution in [0.3, 0.4) is 0 Å². The highest BCUT2D eigenvalue weighted by molar-refractivity contribution is 6.34. The number of hydrogen-bond acceptors (Lipinski definition) is 4. The number of aryl methyl sites for hydroxylation is 1. The second kappa shape index (κ2) is 7.44. The SMILES string of the molecule is CC[C@H](NC(=O)c1ccc(-n2cnnc2)cc1Cl)c1ncccc1C. The maximum atomic E-state index is 12.7. The molecule has 0 fully saturated rings. The van der Waals surface area contributed by atoms with Gasteiger partial charge in [0.25, 0.3) is 5.91 Å². The zero-order valence-electron chi connectivity index (χ0n) is 14.0. The summed E-state index contributed by atoms with van der Waals surface area (Å²) in [6.07, 6.45) is 5.61. The van der Waals surface area contributed by atoms with Crippen LogP contribution in [0.4, 0.5) is 0 Å². The molecule has 3 aromatic rings. The van der Waals surface area contributed by atoms with Crippen LogP contribution in [0.25, 0.3) is 5.69 Å². The van der Waals surface area contributed by atoms with Gasteiger partial charge >= 0.3 is 0 Å². The van der Waals surface area contributed by atoms with E-state index in [1.54, 1.807) is 41.6 Å². The molecule has 0 aliphatic heterocycles. The number of hydrogen-bond donors (Lipinski definition) is 1. The third kappa shape index (κ3) is 3.69. The molecular formula is C18H18ClN5O. The number of aromatic nitrogens is 4. The van der Waals surface area contributed by atoms with Crippen molar-refractivity contribution in [3.63, 3.8) is 0 Å². The van der Waals surface area contributed by atoms with Gasteiger partial charge in [-0.15, -0.1) is 10.2 Å². The maximum absolute atomic E-state index is 12.7. The first-order valence-corrected chi connectivity index (χ1v) is 8.35. The first kappa shape index (κ1) is 17.1. The van der Waals surface area contributed by atoms with Crippen LogP contribution in [0.2, 0.25) is 5.02 Å². The largest absolute Gasteiger partial charge is 0.344 e. The van der Waals surface area contributed by atoms with Gasteiger partial charge in [0.2, 0.25) is 0 Å². The summed E-state index contributed by atoms with van der Waals surface area (Å²) in [7, 11) is 0. The van der Waals surface area contributed by atoms with Gasteiger partial charge in [-0.3, -0.25) is 14.3 Å². The summed E-state index contributed by atoms with van der Waals surface area (Å²) in [4.78, 5) is 17.1. The highest BCUT2D eigenvalue weighted by Gasteiger charge is 2.19. The second-order valence-electron chi connectivity index (χ2n) is 5.67. The van der Waals surface area contributed by atoms with E-state index in [0.29, 0.717) is 10.6 Å². The Balaban J connectivity index is 1.82. The van der Waals surface area contributed by atoms with Gasteiger partial charge in [-0.05, 0) is 43.2 Å². The molecule has 1 amide bonds. The second-order valence-corrected chi connectivity index (χ2v) is 6.08. The van der Waals surface area contributed by atoms with Crippen molar-refractivity contribution in [2.24, 2.45) is 0 Å². The van der Waals surface area contributed by atoms with Crippen molar-refractivity contribution in [1.29, 1.82) is 0 Å². The predicted octanol–water partition coefficient (Wildman–Crippen LogP) is 3.51. The molecule has 0 radical (unpaired) electrons. The van der Waals surface area contributed by atoms with E-state index in [9.17, 15) is 4.79 Å². The summed E-state index contributed by atoms with van der Waals surface area (Å²) in [5, 5.41) is 10.9. The lowest BCUT2D eigenvalue weighted by Gasteiger charge is -2.19. The van der Waals surface area contributed by atoms with Crippen LogP contribution in [-0.4, -0.2) is 25.7 Å². The molecule has 0 saturated heterocycles. The van der Waals surface area contributed by atoms with Gasteiger partial charge in [0.15, 0.2) is 0 Å². The number of benzene rings is 1. The Morgan fingerprint density at radius 3 is 2.68 bits per heavy atom. The van der Waals surface area contributed by atoms with Crippen molar-refractivity contribution >= 4 is 17.5 Å². The number of pyridine rings is 1. The molecule has 0 aliphatic rings. The van der Waals surface area contributed by atoms with Crippen LogP contribution in [0.15, 0.2) is 49.2 Å². The quantitative estimate of drug-likeness (QED) is 0.760. The van der Waals surface area contributed by atoms with E-state index in [2.05, 4.69) is 20.5 Å². The molecule has 0 bridgehead atoms. The fourth-order valence-electron chi connectivity index (χ4n) is 2.65. The van der Waals surface area contributed by atoms with Crippen molar-refractivity contribution < 1.29 is 4.79 Å². The van der Waals surface area contributed by atoms with E-state index in [1.807, 2.05) is 26.0 Å². The topological polar surface area (TPSA) is 72.7 Å². The molecule has 2 aromatic heterocycles. The highest BCUT2D eigenvalue weighted by atomic mass is 35.5. The van der Waals surface area contributed by atoms with Gasteiger partial charge < -0.3 is 5.32 Å². The number of amides is 1.